The highest BCUT2D eigenvalue weighted by molar-refractivity contribution is 7.89. The summed E-state index contributed by atoms with van der Waals surface area (Å²) in [6, 6.07) is 7.65. The van der Waals surface area contributed by atoms with Crippen molar-refractivity contribution in [2.24, 2.45) is 0 Å². The van der Waals surface area contributed by atoms with Gasteiger partial charge in [-0.25, -0.2) is 8.42 Å². The Balaban J connectivity index is 2.32. The molecule has 8 heteroatoms. The minimum atomic E-state index is -3.99. The van der Waals surface area contributed by atoms with Gasteiger partial charge in [-0.15, -0.1) is 0 Å². The molecule has 130 valence electrons. The minimum absolute atomic E-state index is 0.0451. The molecule has 0 fully saturated rings. The topological polar surface area (TPSA) is 101 Å². The Hall–Kier alpha value is -2.19. The molecule has 2 N–H and O–H groups in total. The standard InChI is InChI=1S/C16H21N3O4S/c1-4-19-12(3)15(11(2)17-19)24(22,23)18-14(16(20)21)10-13-8-6-5-7-9-13/h5-9,14,18H,4,10H2,1-3H3,(H,20,21)/t14-/m1/s1. The number of hydrogen-bond donors (Lipinski definition) is 2. The fourth-order valence-corrected chi connectivity index (χ4v) is 4.25. The van der Waals surface area contributed by atoms with Gasteiger partial charge in [0.2, 0.25) is 10.0 Å². The molecule has 0 spiro atoms. The molecule has 0 aliphatic carbocycles. The highest BCUT2D eigenvalue weighted by atomic mass is 32.2. The summed E-state index contributed by atoms with van der Waals surface area (Å²) in [7, 11) is -3.99. The van der Waals surface area contributed by atoms with E-state index in [-0.39, 0.29) is 11.3 Å². The summed E-state index contributed by atoms with van der Waals surface area (Å²) in [4.78, 5) is 11.5. The van der Waals surface area contributed by atoms with Gasteiger partial charge in [-0.1, -0.05) is 30.3 Å². The number of nitrogens with one attached hydrogen (secondary N) is 1. The number of aromatic nitrogens is 2. The van der Waals surface area contributed by atoms with E-state index in [0.29, 0.717) is 17.9 Å². The van der Waals surface area contributed by atoms with Crippen molar-refractivity contribution in [2.45, 2.75) is 44.7 Å². The quantitative estimate of drug-likeness (QED) is 0.787. The second-order valence-electron chi connectivity index (χ2n) is 5.52. The Morgan fingerprint density at radius 2 is 1.92 bits per heavy atom. The molecular weight excluding hydrogens is 330 g/mol. The maximum atomic E-state index is 12.7. The number of carboxylic acids is 1. The van der Waals surface area contributed by atoms with Gasteiger partial charge in [0, 0.05) is 6.54 Å². The lowest BCUT2D eigenvalue weighted by Gasteiger charge is -2.15. The Kier molecular flexibility index (Phi) is 5.40. The van der Waals surface area contributed by atoms with Crippen LogP contribution in [-0.2, 0) is 27.8 Å². The van der Waals surface area contributed by atoms with E-state index in [2.05, 4.69) is 9.82 Å². The number of rotatable bonds is 7. The van der Waals surface area contributed by atoms with Gasteiger partial charge in [0.1, 0.15) is 10.9 Å². The van der Waals surface area contributed by atoms with Crippen molar-refractivity contribution in [3.05, 3.63) is 47.3 Å². The van der Waals surface area contributed by atoms with E-state index >= 15 is 0 Å². The third-order valence-electron chi connectivity index (χ3n) is 3.76. The summed E-state index contributed by atoms with van der Waals surface area (Å²) >= 11 is 0. The predicted molar refractivity (Wildman–Crippen MR) is 89.3 cm³/mol. The lowest BCUT2D eigenvalue weighted by atomic mass is 10.1. The molecule has 0 aliphatic heterocycles. The van der Waals surface area contributed by atoms with Crippen LogP contribution in [-0.4, -0.2) is 35.3 Å². The summed E-state index contributed by atoms with van der Waals surface area (Å²) in [6.07, 6.45) is 0.0649. The number of aliphatic carboxylic acids is 1. The number of carbonyl (C=O) groups is 1. The zero-order valence-electron chi connectivity index (χ0n) is 13.9. The van der Waals surface area contributed by atoms with Crippen molar-refractivity contribution in [3.8, 4) is 0 Å². The molecule has 0 saturated carbocycles. The van der Waals surface area contributed by atoms with Gasteiger partial charge in [-0.3, -0.25) is 9.48 Å². The second kappa shape index (κ2) is 7.14. The predicted octanol–water partition coefficient (Wildman–Crippen LogP) is 1.49. The summed E-state index contributed by atoms with van der Waals surface area (Å²) in [5.41, 5.74) is 1.59. The molecule has 24 heavy (non-hydrogen) atoms. The van der Waals surface area contributed by atoms with Crippen LogP contribution < -0.4 is 4.72 Å². The molecule has 2 rings (SSSR count). The van der Waals surface area contributed by atoms with E-state index in [0.717, 1.165) is 5.56 Å². The monoisotopic (exact) mass is 351 g/mol. The van der Waals surface area contributed by atoms with E-state index in [4.69, 9.17) is 0 Å². The first-order chi connectivity index (χ1) is 11.3. The molecule has 2 aromatic rings. The zero-order chi connectivity index (χ0) is 17.9. The van der Waals surface area contributed by atoms with E-state index in [1.54, 1.807) is 42.8 Å². The lowest BCUT2D eigenvalue weighted by Crippen LogP contribution is -2.42. The molecule has 0 bridgehead atoms. The highest BCUT2D eigenvalue weighted by Gasteiger charge is 2.30. The Morgan fingerprint density at radius 3 is 2.42 bits per heavy atom. The highest BCUT2D eigenvalue weighted by Crippen LogP contribution is 2.20. The largest absolute Gasteiger partial charge is 0.480 e. The van der Waals surface area contributed by atoms with Crippen LogP contribution >= 0.6 is 0 Å². The van der Waals surface area contributed by atoms with Crippen LogP contribution in [0.3, 0.4) is 0 Å². The zero-order valence-corrected chi connectivity index (χ0v) is 14.7. The van der Waals surface area contributed by atoms with Gasteiger partial charge in [0.05, 0.1) is 11.4 Å². The molecule has 0 saturated heterocycles. The fraction of sp³-hybridized carbons (Fsp3) is 0.375. The lowest BCUT2D eigenvalue weighted by molar-refractivity contribution is -0.138. The van der Waals surface area contributed by atoms with Crippen LogP contribution in [0.15, 0.2) is 35.2 Å². The maximum absolute atomic E-state index is 12.7. The molecule has 1 heterocycles. The van der Waals surface area contributed by atoms with Gasteiger partial charge >= 0.3 is 5.97 Å². The minimum Gasteiger partial charge on any atom is -0.480 e. The van der Waals surface area contributed by atoms with Crippen LogP contribution in [0.25, 0.3) is 0 Å². The normalized spacial score (nSPS) is 13.0. The molecule has 1 aromatic carbocycles. The van der Waals surface area contributed by atoms with Crippen molar-refractivity contribution in [2.75, 3.05) is 0 Å². The average Bonchev–Trinajstić information content (AvgIpc) is 2.82. The molecule has 0 unspecified atom stereocenters. The molecule has 1 atom stereocenters. The van der Waals surface area contributed by atoms with Crippen LogP contribution in [0.4, 0.5) is 0 Å². The molecule has 1 aromatic heterocycles. The van der Waals surface area contributed by atoms with Gasteiger partial charge in [-0.05, 0) is 32.8 Å². The fourth-order valence-electron chi connectivity index (χ4n) is 2.65. The third-order valence-corrected chi connectivity index (χ3v) is 5.48. The van der Waals surface area contributed by atoms with Crippen molar-refractivity contribution in [1.82, 2.24) is 14.5 Å². The first-order valence-electron chi connectivity index (χ1n) is 7.59. The molecule has 7 nitrogen and oxygen atoms in total. The molecule has 0 amide bonds. The number of aryl methyl sites for hydroxylation is 2. The molecular formula is C16H21N3O4S. The first kappa shape index (κ1) is 18.2. The van der Waals surface area contributed by atoms with Crippen LogP contribution in [0.1, 0.15) is 23.9 Å². The van der Waals surface area contributed by atoms with Gasteiger partial charge in [0.15, 0.2) is 0 Å². The SMILES string of the molecule is CCn1nc(C)c(S(=O)(=O)N[C@H](Cc2ccccc2)C(=O)O)c1C. The Bertz CT molecular complexity index is 829. The van der Waals surface area contributed by atoms with Crippen LogP contribution in [0.2, 0.25) is 0 Å². The summed E-state index contributed by atoms with van der Waals surface area (Å²) in [6.45, 7) is 5.65. The number of carboxylic acid groups (broad SMARTS) is 1. The first-order valence-corrected chi connectivity index (χ1v) is 9.07. The van der Waals surface area contributed by atoms with Crippen molar-refractivity contribution in [1.29, 1.82) is 0 Å². The van der Waals surface area contributed by atoms with E-state index in [1.807, 2.05) is 13.0 Å². The number of hydrogen-bond acceptors (Lipinski definition) is 4. The second-order valence-corrected chi connectivity index (χ2v) is 7.17. The molecule has 0 aliphatic rings. The van der Waals surface area contributed by atoms with Crippen molar-refractivity contribution < 1.29 is 18.3 Å². The van der Waals surface area contributed by atoms with E-state index < -0.39 is 22.0 Å². The van der Waals surface area contributed by atoms with Crippen LogP contribution in [0.5, 0.6) is 0 Å². The third kappa shape index (κ3) is 3.82. The number of sulfonamides is 1. The van der Waals surface area contributed by atoms with Crippen LogP contribution in [0, 0.1) is 13.8 Å². The van der Waals surface area contributed by atoms with Gasteiger partial charge in [0.25, 0.3) is 0 Å². The van der Waals surface area contributed by atoms with E-state index in [1.165, 1.54) is 0 Å². The van der Waals surface area contributed by atoms with E-state index in [9.17, 15) is 18.3 Å². The van der Waals surface area contributed by atoms with Crippen molar-refractivity contribution in [3.63, 3.8) is 0 Å². The smallest absolute Gasteiger partial charge is 0.322 e. The van der Waals surface area contributed by atoms with Crippen molar-refractivity contribution >= 4 is 16.0 Å². The summed E-state index contributed by atoms with van der Waals surface area (Å²) in [5, 5.41) is 13.6. The number of benzene rings is 1. The Morgan fingerprint density at radius 1 is 1.29 bits per heavy atom. The summed E-state index contributed by atoms with van der Waals surface area (Å²) < 4.78 is 29.2. The number of nitrogens with zero attached hydrogens (tertiary/aromatic N) is 2. The van der Waals surface area contributed by atoms with Gasteiger partial charge < -0.3 is 5.11 Å². The maximum Gasteiger partial charge on any atom is 0.322 e. The van der Waals surface area contributed by atoms with Gasteiger partial charge in [-0.2, -0.15) is 9.82 Å². The Labute approximate surface area is 141 Å². The molecule has 0 radical (unpaired) electrons. The summed E-state index contributed by atoms with van der Waals surface area (Å²) in [5.74, 6) is -1.22. The average molecular weight is 351 g/mol.